The molecule has 3 nitrogen and oxygen atoms in total. The van der Waals surface area contributed by atoms with E-state index in [2.05, 4.69) is 50.4 Å². The lowest BCUT2D eigenvalue weighted by atomic mass is 9.86. The number of hydrogen-bond acceptors (Lipinski definition) is 3. The standard InChI is InChI=1S/C16H27NO2/c1-16(2,3)14-7-5-13(6-8-14)11-15(18)12-17-9-10-19-4/h5-8,15,17-18H,9-12H2,1-4H3. The van der Waals surface area contributed by atoms with E-state index in [0.29, 0.717) is 19.6 Å². The van der Waals surface area contributed by atoms with Gasteiger partial charge in [0, 0.05) is 20.2 Å². The fourth-order valence-corrected chi connectivity index (χ4v) is 1.93. The Morgan fingerprint density at radius 1 is 1.21 bits per heavy atom. The van der Waals surface area contributed by atoms with Gasteiger partial charge in [-0.3, -0.25) is 0 Å². The van der Waals surface area contributed by atoms with Crippen LogP contribution in [0, 0.1) is 0 Å². The molecule has 0 aromatic heterocycles. The van der Waals surface area contributed by atoms with Gasteiger partial charge in [-0.2, -0.15) is 0 Å². The summed E-state index contributed by atoms with van der Waals surface area (Å²) in [6.07, 6.45) is 0.335. The summed E-state index contributed by atoms with van der Waals surface area (Å²) in [5.41, 5.74) is 2.68. The summed E-state index contributed by atoms with van der Waals surface area (Å²) in [6, 6.07) is 8.53. The minimum absolute atomic E-state index is 0.179. The maximum atomic E-state index is 9.93. The van der Waals surface area contributed by atoms with E-state index < -0.39 is 0 Å². The van der Waals surface area contributed by atoms with Crippen molar-refractivity contribution in [2.45, 2.75) is 38.7 Å². The molecule has 1 aromatic carbocycles. The molecule has 0 saturated carbocycles. The molecule has 0 amide bonds. The zero-order valence-corrected chi connectivity index (χ0v) is 12.6. The molecule has 19 heavy (non-hydrogen) atoms. The smallest absolute Gasteiger partial charge is 0.0704 e. The predicted molar refractivity (Wildman–Crippen MR) is 79.6 cm³/mol. The zero-order valence-electron chi connectivity index (χ0n) is 12.6. The van der Waals surface area contributed by atoms with Crippen molar-refractivity contribution < 1.29 is 9.84 Å². The van der Waals surface area contributed by atoms with Crippen LogP contribution in [0.1, 0.15) is 31.9 Å². The Morgan fingerprint density at radius 2 is 1.84 bits per heavy atom. The third kappa shape index (κ3) is 6.19. The van der Waals surface area contributed by atoms with E-state index in [9.17, 15) is 5.11 Å². The topological polar surface area (TPSA) is 41.5 Å². The van der Waals surface area contributed by atoms with Crippen LogP contribution in [0.5, 0.6) is 0 Å². The van der Waals surface area contributed by atoms with Crippen LogP contribution in [0.2, 0.25) is 0 Å². The number of hydrogen-bond donors (Lipinski definition) is 2. The molecule has 1 aromatic rings. The second-order valence-electron chi connectivity index (χ2n) is 6.00. The molecule has 0 fully saturated rings. The number of methoxy groups -OCH3 is 1. The van der Waals surface area contributed by atoms with Crippen LogP contribution in [-0.4, -0.2) is 38.0 Å². The Balaban J connectivity index is 2.40. The van der Waals surface area contributed by atoms with Crippen molar-refractivity contribution in [1.29, 1.82) is 0 Å². The van der Waals surface area contributed by atoms with E-state index >= 15 is 0 Å². The Labute approximate surface area is 117 Å². The molecule has 0 aliphatic rings. The molecule has 108 valence electrons. The highest BCUT2D eigenvalue weighted by Crippen LogP contribution is 2.22. The first-order chi connectivity index (χ1) is 8.93. The van der Waals surface area contributed by atoms with E-state index in [0.717, 1.165) is 6.54 Å². The van der Waals surface area contributed by atoms with Crippen molar-refractivity contribution in [3.63, 3.8) is 0 Å². The molecule has 0 aliphatic heterocycles. The minimum atomic E-state index is -0.350. The van der Waals surface area contributed by atoms with Crippen LogP contribution in [0.25, 0.3) is 0 Å². The molecule has 0 spiro atoms. The Bertz CT molecular complexity index is 354. The molecule has 1 rings (SSSR count). The van der Waals surface area contributed by atoms with Crippen molar-refractivity contribution in [2.24, 2.45) is 0 Å². The van der Waals surface area contributed by atoms with E-state index in [1.807, 2.05) is 0 Å². The summed E-state index contributed by atoms with van der Waals surface area (Å²) < 4.78 is 4.94. The molecule has 0 bridgehead atoms. The lowest BCUT2D eigenvalue weighted by molar-refractivity contribution is 0.160. The number of benzene rings is 1. The van der Waals surface area contributed by atoms with Gasteiger partial charge in [-0.25, -0.2) is 0 Å². The lowest BCUT2D eigenvalue weighted by Gasteiger charge is -2.19. The predicted octanol–water partition coefficient (Wildman–Crippen LogP) is 2.12. The van der Waals surface area contributed by atoms with Gasteiger partial charge >= 0.3 is 0 Å². The Morgan fingerprint density at radius 3 is 2.37 bits per heavy atom. The average Bonchev–Trinajstić information content (AvgIpc) is 2.34. The van der Waals surface area contributed by atoms with Crippen LogP contribution in [0.3, 0.4) is 0 Å². The van der Waals surface area contributed by atoms with Gasteiger partial charge in [-0.1, -0.05) is 45.0 Å². The van der Waals surface area contributed by atoms with Crippen molar-refractivity contribution in [3.05, 3.63) is 35.4 Å². The van der Waals surface area contributed by atoms with Crippen LogP contribution in [-0.2, 0) is 16.6 Å². The summed E-state index contributed by atoms with van der Waals surface area (Å²) in [4.78, 5) is 0. The van der Waals surface area contributed by atoms with E-state index in [1.54, 1.807) is 7.11 Å². The molecule has 1 atom stereocenters. The van der Waals surface area contributed by atoms with Gasteiger partial charge in [0.05, 0.1) is 12.7 Å². The molecule has 0 heterocycles. The third-order valence-electron chi connectivity index (χ3n) is 3.15. The first-order valence-electron chi connectivity index (χ1n) is 6.90. The zero-order chi connectivity index (χ0) is 14.3. The van der Waals surface area contributed by atoms with Gasteiger partial charge in [-0.15, -0.1) is 0 Å². The van der Waals surface area contributed by atoms with E-state index in [4.69, 9.17) is 4.74 Å². The Kier molecular flexibility index (Phi) is 6.49. The number of aliphatic hydroxyl groups excluding tert-OH is 1. The van der Waals surface area contributed by atoms with Gasteiger partial charge in [0.15, 0.2) is 0 Å². The molecule has 1 unspecified atom stereocenters. The summed E-state index contributed by atoms with van der Waals surface area (Å²) in [6.45, 7) is 8.66. The second kappa shape index (κ2) is 7.63. The van der Waals surface area contributed by atoms with Crippen molar-refractivity contribution in [1.82, 2.24) is 5.32 Å². The van der Waals surface area contributed by atoms with Crippen LogP contribution >= 0.6 is 0 Å². The lowest BCUT2D eigenvalue weighted by Crippen LogP contribution is -2.30. The maximum Gasteiger partial charge on any atom is 0.0704 e. The van der Waals surface area contributed by atoms with Crippen molar-refractivity contribution in [3.8, 4) is 0 Å². The van der Waals surface area contributed by atoms with Gasteiger partial charge in [0.25, 0.3) is 0 Å². The van der Waals surface area contributed by atoms with Gasteiger partial charge < -0.3 is 15.2 Å². The number of ether oxygens (including phenoxy) is 1. The monoisotopic (exact) mass is 265 g/mol. The normalized spacial score (nSPS) is 13.5. The SMILES string of the molecule is COCCNCC(O)Cc1ccc(C(C)(C)C)cc1. The highest BCUT2D eigenvalue weighted by atomic mass is 16.5. The average molecular weight is 265 g/mol. The van der Waals surface area contributed by atoms with Crippen LogP contribution in [0.15, 0.2) is 24.3 Å². The molecular formula is C16H27NO2. The van der Waals surface area contributed by atoms with Crippen molar-refractivity contribution >= 4 is 0 Å². The van der Waals surface area contributed by atoms with Gasteiger partial charge in [-0.05, 0) is 23.0 Å². The third-order valence-corrected chi connectivity index (χ3v) is 3.15. The highest BCUT2D eigenvalue weighted by Gasteiger charge is 2.13. The summed E-state index contributed by atoms with van der Waals surface area (Å²) >= 11 is 0. The molecular weight excluding hydrogens is 238 g/mol. The van der Waals surface area contributed by atoms with E-state index in [-0.39, 0.29) is 11.5 Å². The first kappa shape index (κ1) is 16.2. The van der Waals surface area contributed by atoms with Crippen LogP contribution in [0.4, 0.5) is 0 Å². The summed E-state index contributed by atoms with van der Waals surface area (Å²) in [7, 11) is 1.68. The molecule has 2 N–H and O–H groups in total. The summed E-state index contributed by atoms with van der Waals surface area (Å²) in [5.74, 6) is 0. The summed E-state index contributed by atoms with van der Waals surface area (Å²) in [5, 5.41) is 13.1. The minimum Gasteiger partial charge on any atom is -0.391 e. The van der Waals surface area contributed by atoms with Gasteiger partial charge in [0.2, 0.25) is 0 Å². The molecule has 3 heteroatoms. The highest BCUT2D eigenvalue weighted by molar-refractivity contribution is 5.27. The molecule has 0 aliphatic carbocycles. The molecule has 0 radical (unpaired) electrons. The largest absolute Gasteiger partial charge is 0.391 e. The van der Waals surface area contributed by atoms with Gasteiger partial charge in [0.1, 0.15) is 0 Å². The number of rotatable bonds is 7. The first-order valence-corrected chi connectivity index (χ1v) is 6.90. The Hall–Kier alpha value is -0.900. The fourth-order valence-electron chi connectivity index (χ4n) is 1.93. The number of aliphatic hydroxyl groups is 1. The number of nitrogens with one attached hydrogen (secondary N) is 1. The van der Waals surface area contributed by atoms with Crippen molar-refractivity contribution in [2.75, 3.05) is 26.8 Å². The van der Waals surface area contributed by atoms with E-state index in [1.165, 1.54) is 11.1 Å². The molecule has 0 saturated heterocycles. The fraction of sp³-hybridized carbons (Fsp3) is 0.625. The second-order valence-corrected chi connectivity index (χ2v) is 6.00. The quantitative estimate of drug-likeness (QED) is 0.742. The van der Waals surface area contributed by atoms with Crippen LogP contribution < -0.4 is 5.32 Å². The maximum absolute atomic E-state index is 9.93.